The van der Waals surface area contributed by atoms with Crippen LogP contribution in [0.3, 0.4) is 0 Å². The van der Waals surface area contributed by atoms with Gasteiger partial charge in [-0.2, -0.15) is 0 Å². The summed E-state index contributed by atoms with van der Waals surface area (Å²) in [5.74, 6) is -0.284. The average Bonchev–Trinajstić information content (AvgIpc) is 2.77. The lowest BCUT2D eigenvalue weighted by Gasteiger charge is -2.27. The van der Waals surface area contributed by atoms with E-state index in [0.29, 0.717) is 60.1 Å². The van der Waals surface area contributed by atoms with Gasteiger partial charge in [-0.25, -0.2) is 0 Å². The molecule has 1 saturated heterocycles. The van der Waals surface area contributed by atoms with Crippen molar-refractivity contribution in [3.63, 3.8) is 0 Å². The second-order valence-corrected chi connectivity index (χ2v) is 6.64. The fourth-order valence-electron chi connectivity index (χ4n) is 3.44. The molecule has 148 valence electrons. The van der Waals surface area contributed by atoms with Gasteiger partial charge >= 0.3 is 0 Å². The average molecular weight is 393 g/mol. The summed E-state index contributed by atoms with van der Waals surface area (Å²) in [6.45, 7) is 4.12. The maximum atomic E-state index is 12.7. The minimum absolute atomic E-state index is 0.169. The molecule has 3 aromatic rings. The number of hydrogen-bond acceptors (Lipinski definition) is 7. The second-order valence-electron chi connectivity index (χ2n) is 6.64. The predicted octanol–water partition coefficient (Wildman–Crippen LogP) is 2.20. The summed E-state index contributed by atoms with van der Waals surface area (Å²) >= 11 is 0. The molecule has 29 heavy (non-hydrogen) atoms. The van der Waals surface area contributed by atoms with Gasteiger partial charge in [0.1, 0.15) is 5.58 Å². The van der Waals surface area contributed by atoms with Crippen LogP contribution in [0.25, 0.3) is 11.0 Å². The number of carbonyl (C=O) groups is 2. The third kappa shape index (κ3) is 3.50. The van der Waals surface area contributed by atoms with Crippen molar-refractivity contribution >= 4 is 40.4 Å². The lowest BCUT2D eigenvalue weighted by molar-refractivity contribution is -0.129. The van der Waals surface area contributed by atoms with Crippen molar-refractivity contribution in [3.05, 3.63) is 58.5 Å². The van der Waals surface area contributed by atoms with Crippen LogP contribution in [-0.4, -0.2) is 43.5 Å². The zero-order valence-corrected chi connectivity index (χ0v) is 15.8. The monoisotopic (exact) mass is 393 g/mol. The Morgan fingerprint density at radius 2 is 2.03 bits per heavy atom. The van der Waals surface area contributed by atoms with E-state index in [0.717, 1.165) is 0 Å². The lowest BCUT2D eigenvalue weighted by Crippen LogP contribution is -2.36. The molecule has 0 spiro atoms. The maximum Gasteiger partial charge on any atom is 0.295 e. The summed E-state index contributed by atoms with van der Waals surface area (Å²) in [6.07, 6.45) is 3.32. The molecular weight excluding hydrogens is 374 g/mol. The van der Waals surface area contributed by atoms with Crippen molar-refractivity contribution in [2.45, 2.75) is 6.92 Å². The van der Waals surface area contributed by atoms with Crippen LogP contribution in [0, 0.1) is 6.92 Å². The number of nitrogens with zero attached hydrogens (tertiary/aromatic N) is 3. The topological polar surface area (TPSA) is 93.0 Å². The van der Waals surface area contributed by atoms with E-state index in [2.05, 4.69) is 4.98 Å². The van der Waals surface area contributed by atoms with Crippen LogP contribution < -0.4 is 15.2 Å². The van der Waals surface area contributed by atoms with E-state index in [-0.39, 0.29) is 11.7 Å². The molecule has 0 atom stereocenters. The Balaban J connectivity index is 1.88. The van der Waals surface area contributed by atoms with Crippen molar-refractivity contribution in [2.24, 2.45) is 0 Å². The van der Waals surface area contributed by atoms with E-state index in [1.54, 1.807) is 37.4 Å². The van der Waals surface area contributed by atoms with E-state index in [9.17, 15) is 14.4 Å². The Morgan fingerprint density at radius 1 is 1.24 bits per heavy atom. The van der Waals surface area contributed by atoms with Crippen LogP contribution in [-0.2, 0) is 14.3 Å². The van der Waals surface area contributed by atoms with Crippen LogP contribution >= 0.6 is 0 Å². The molecular formula is C21H19N3O5. The number of fused-ring (bicyclic) bond motifs is 1. The number of rotatable bonds is 4. The molecule has 0 N–H and O–H groups in total. The van der Waals surface area contributed by atoms with Crippen LogP contribution in [0.5, 0.6) is 0 Å². The van der Waals surface area contributed by atoms with Gasteiger partial charge in [0, 0.05) is 30.9 Å². The number of aldehydes is 1. The van der Waals surface area contributed by atoms with Crippen LogP contribution in [0.2, 0.25) is 0 Å². The highest BCUT2D eigenvalue weighted by Gasteiger charge is 2.23. The smallest absolute Gasteiger partial charge is 0.295 e. The largest absolute Gasteiger partial charge is 0.440 e. The third-order valence-corrected chi connectivity index (χ3v) is 4.89. The molecule has 0 bridgehead atoms. The van der Waals surface area contributed by atoms with Crippen LogP contribution in [0.15, 0.2) is 51.9 Å². The fourth-order valence-corrected chi connectivity index (χ4v) is 3.44. The van der Waals surface area contributed by atoms with Crippen LogP contribution in [0.4, 0.5) is 17.3 Å². The zero-order chi connectivity index (χ0) is 20.4. The van der Waals surface area contributed by atoms with Gasteiger partial charge in [0.25, 0.3) is 5.91 Å². The SMILES string of the molecule is Cc1c(N(C(=O)C=O)c2cccnc2)ccc2c(=O)cc(N3CCOCC3)oc12. The minimum Gasteiger partial charge on any atom is -0.440 e. The number of hydrogen-bond donors (Lipinski definition) is 0. The fraction of sp³-hybridized carbons (Fsp3) is 0.238. The number of aromatic nitrogens is 1. The van der Waals surface area contributed by atoms with Gasteiger partial charge in [-0.15, -0.1) is 0 Å². The standard InChI is InChI=1S/C21H19N3O5/c1-14-17(24(19(27)13-25)15-3-2-6-22-12-15)5-4-16-18(26)11-20(29-21(14)16)23-7-9-28-10-8-23/h2-6,11-13H,7-10H2,1H3. The van der Waals surface area contributed by atoms with Crippen molar-refractivity contribution in [3.8, 4) is 0 Å². The highest BCUT2D eigenvalue weighted by molar-refractivity contribution is 6.33. The molecule has 4 rings (SSSR count). The molecule has 1 fully saturated rings. The van der Waals surface area contributed by atoms with Gasteiger partial charge in [-0.05, 0) is 31.2 Å². The summed E-state index contributed by atoms with van der Waals surface area (Å²) in [5.41, 5.74) is 1.68. The first-order valence-corrected chi connectivity index (χ1v) is 9.19. The van der Waals surface area contributed by atoms with Crippen molar-refractivity contribution in [1.29, 1.82) is 0 Å². The number of amides is 1. The van der Waals surface area contributed by atoms with Crippen molar-refractivity contribution in [1.82, 2.24) is 4.98 Å². The quantitative estimate of drug-likeness (QED) is 0.495. The Hall–Kier alpha value is -3.52. The molecule has 3 heterocycles. The van der Waals surface area contributed by atoms with E-state index in [1.807, 2.05) is 4.90 Å². The number of aryl methyl sites for hydroxylation is 1. The maximum absolute atomic E-state index is 12.7. The highest BCUT2D eigenvalue weighted by atomic mass is 16.5. The summed E-state index contributed by atoms with van der Waals surface area (Å²) in [7, 11) is 0. The third-order valence-electron chi connectivity index (χ3n) is 4.89. The normalized spacial score (nSPS) is 14.0. The molecule has 0 saturated carbocycles. The first kappa shape index (κ1) is 18.8. The van der Waals surface area contributed by atoms with Gasteiger partial charge in [0.2, 0.25) is 6.29 Å². The molecule has 1 aliphatic heterocycles. The number of ether oxygens (including phenoxy) is 1. The van der Waals surface area contributed by atoms with Gasteiger partial charge in [0.05, 0.1) is 36.2 Å². The summed E-state index contributed by atoms with van der Waals surface area (Å²) < 4.78 is 11.4. The molecule has 2 aromatic heterocycles. The second kappa shape index (κ2) is 7.84. The molecule has 1 aliphatic rings. The van der Waals surface area contributed by atoms with Gasteiger partial charge < -0.3 is 14.1 Å². The van der Waals surface area contributed by atoms with E-state index in [4.69, 9.17) is 9.15 Å². The summed E-state index contributed by atoms with van der Waals surface area (Å²) in [5, 5.41) is 0.410. The Kier molecular flexibility index (Phi) is 5.09. The van der Waals surface area contributed by atoms with Crippen LogP contribution in [0.1, 0.15) is 5.56 Å². The number of morpholine rings is 1. The van der Waals surface area contributed by atoms with E-state index >= 15 is 0 Å². The van der Waals surface area contributed by atoms with E-state index < -0.39 is 5.91 Å². The highest BCUT2D eigenvalue weighted by Crippen LogP contribution is 2.33. The first-order chi connectivity index (χ1) is 14.1. The zero-order valence-electron chi connectivity index (χ0n) is 15.8. The molecule has 0 unspecified atom stereocenters. The summed E-state index contributed by atoms with van der Waals surface area (Å²) in [6, 6.07) is 8.07. The van der Waals surface area contributed by atoms with Gasteiger partial charge in [0.15, 0.2) is 11.3 Å². The van der Waals surface area contributed by atoms with E-state index in [1.165, 1.54) is 17.2 Å². The van der Waals surface area contributed by atoms with Gasteiger partial charge in [-0.1, -0.05) is 0 Å². The Morgan fingerprint density at radius 3 is 2.72 bits per heavy atom. The minimum atomic E-state index is -0.743. The number of carbonyl (C=O) groups excluding carboxylic acids is 2. The lowest BCUT2D eigenvalue weighted by atomic mass is 10.1. The van der Waals surface area contributed by atoms with Crippen molar-refractivity contribution in [2.75, 3.05) is 36.1 Å². The number of benzene rings is 1. The molecule has 1 amide bonds. The number of pyridine rings is 1. The summed E-state index contributed by atoms with van der Waals surface area (Å²) in [4.78, 5) is 43.6. The predicted molar refractivity (Wildman–Crippen MR) is 108 cm³/mol. The Bertz CT molecular complexity index is 1120. The molecule has 0 radical (unpaired) electrons. The molecule has 8 heteroatoms. The molecule has 1 aromatic carbocycles. The molecule has 8 nitrogen and oxygen atoms in total. The Labute approximate surface area is 166 Å². The molecule has 0 aliphatic carbocycles. The van der Waals surface area contributed by atoms with Crippen molar-refractivity contribution < 1.29 is 18.7 Å². The number of anilines is 3. The first-order valence-electron chi connectivity index (χ1n) is 9.19. The van der Waals surface area contributed by atoms with Gasteiger partial charge in [-0.3, -0.25) is 24.3 Å².